The molecule has 2 rings (SSSR count). The third kappa shape index (κ3) is 2.48. The normalized spacial score (nSPS) is 22.5. The average Bonchev–Trinajstić information content (AvgIpc) is 2.74. The number of alkyl halides is 1. The van der Waals surface area contributed by atoms with Crippen molar-refractivity contribution < 1.29 is 9.53 Å². The molecule has 2 atom stereocenters. The van der Waals surface area contributed by atoms with E-state index >= 15 is 0 Å². The van der Waals surface area contributed by atoms with Crippen molar-refractivity contribution in [2.45, 2.75) is 18.3 Å². The standard InChI is InChI=1S/C12H17ClN2O2/c1-9(13)12(16)15-6-7-17-8-11(15)10-4-3-5-14(10)2/h3-5,9,11H,6-8H2,1-2H3. The van der Waals surface area contributed by atoms with Crippen LogP contribution in [0, 0.1) is 0 Å². The fourth-order valence-electron chi connectivity index (χ4n) is 2.16. The summed E-state index contributed by atoms with van der Waals surface area (Å²) >= 11 is 5.89. The van der Waals surface area contributed by atoms with E-state index in [2.05, 4.69) is 0 Å². The summed E-state index contributed by atoms with van der Waals surface area (Å²) in [4.78, 5) is 13.9. The number of carbonyl (C=O) groups excluding carboxylic acids is 1. The molecule has 2 unspecified atom stereocenters. The molecular weight excluding hydrogens is 240 g/mol. The Hall–Kier alpha value is -1.00. The maximum absolute atomic E-state index is 12.0. The van der Waals surface area contributed by atoms with Gasteiger partial charge in [-0.3, -0.25) is 4.79 Å². The lowest BCUT2D eigenvalue weighted by molar-refractivity contribution is -0.139. The highest BCUT2D eigenvalue weighted by Gasteiger charge is 2.31. The summed E-state index contributed by atoms with van der Waals surface area (Å²) in [5.41, 5.74) is 1.08. The van der Waals surface area contributed by atoms with Gasteiger partial charge in [-0.1, -0.05) is 0 Å². The molecule has 1 aromatic rings. The first-order valence-electron chi connectivity index (χ1n) is 5.75. The number of morpholine rings is 1. The quantitative estimate of drug-likeness (QED) is 0.753. The molecule has 0 N–H and O–H groups in total. The Kier molecular flexibility index (Phi) is 3.74. The summed E-state index contributed by atoms with van der Waals surface area (Å²) < 4.78 is 7.48. The van der Waals surface area contributed by atoms with Gasteiger partial charge in [-0.15, -0.1) is 11.6 Å². The topological polar surface area (TPSA) is 34.5 Å². The molecule has 1 aromatic heterocycles. The summed E-state index contributed by atoms with van der Waals surface area (Å²) in [6.45, 7) is 3.43. The molecule has 0 radical (unpaired) electrons. The second-order valence-corrected chi connectivity index (χ2v) is 4.94. The molecule has 2 heterocycles. The second-order valence-electron chi connectivity index (χ2n) is 4.28. The number of aromatic nitrogens is 1. The van der Waals surface area contributed by atoms with Crippen LogP contribution >= 0.6 is 11.6 Å². The number of nitrogens with zero attached hydrogens (tertiary/aromatic N) is 2. The van der Waals surface area contributed by atoms with E-state index in [9.17, 15) is 4.79 Å². The van der Waals surface area contributed by atoms with E-state index in [1.54, 1.807) is 6.92 Å². The van der Waals surface area contributed by atoms with Crippen LogP contribution in [0.3, 0.4) is 0 Å². The number of carbonyl (C=O) groups is 1. The van der Waals surface area contributed by atoms with Gasteiger partial charge in [0.2, 0.25) is 5.91 Å². The third-order valence-electron chi connectivity index (χ3n) is 3.08. The van der Waals surface area contributed by atoms with Crippen LogP contribution in [0.15, 0.2) is 18.3 Å². The lowest BCUT2D eigenvalue weighted by Gasteiger charge is -2.36. The van der Waals surface area contributed by atoms with Gasteiger partial charge in [0.1, 0.15) is 5.38 Å². The van der Waals surface area contributed by atoms with Gasteiger partial charge < -0.3 is 14.2 Å². The fourth-order valence-corrected chi connectivity index (χ4v) is 2.29. The van der Waals surface area contributed by atoms with E-state index in [1.165, 1.54) is 0 Å². The molecule has 4 nitrogen and oxygen atoms in total. The minimum Gasteiger partial charge on any atom is -0.377 e. The van der Waals surface area contributed by atoms with Gasteiger partial charge in [0.15, 0.2) is 0 Å². The van der Waals surface area contributed by atoms with Crippen LogP contribution in [0.5, 0.6) is 0 Å². The van der Waals surface area contributed by atoms with Crippen molar-refractivity contribution in [2.75, 3.05) is 19.8 Å². The minimum absolute atomic E-state index is 0.0267. The summed E-state index contributed by atoms with van der Waals surface area (Å²) in [7, 11) is 1.97. The van der Waals surface area contributed by atoms with E-state index in [-0.39, 0.29) is 11.9 Å². The van der Waals surface area contributed by atoms with Crippen molar-refractivity contribution in [3.05, 3.63) is 24.0 Å². The molecule has 0 aliphatic carbocycles. The lowest BCUT2D eigenvalue weighted by atomic mass is 10.1. The summed E-state index contributed by atoms with van der Waals surface area (Å²) in [5, 5.41) is -0.490. The average molecular weight is 257 g/mol. The first-order valence-corrected chi connectivity index (χ1v) is 6.18. The highest BCUT2D eigenvalue weighted by atomic mass is 35.5. The van der Waals surface area contributed by atoms with Crippen molar-refractivity contribution >= 4 is 17.5 Å². The predicted octanol–water partition coefficient (Wildman–Crippen LogP) is 1.55. The zero-order valence-corrected chi connectivity index (χ0v) is 10.9. The Morgan fingerprint density at radius 1 is 1.65 bits per heavy atom. The number of halogens is 1. The number of hydrogen-bond donors (Lipinski definition) is 0. The highest BCUT2D eigenvalue weighted by Crippen LogP contribution is 2.25. The number of rotatable bonds is 2. The van der Waals surface area contributed by atoms with Crippen molar-refractivity contribution in [3.8, 4) is 0 Å². The molecule has 0 bridgehead atoms. The van der Waals surface area contributed by atoms with Gasteiger partial charge in [0.25, 0.3) is 0 Å². The Morgan fingerprint density at radius 3 is 3.00 bits per heavy atom. The molecule has 1 fully saturated rings. The smallest absolute Gasteiger partial charge is 0.241 e. The molecule has 0 saturated carbocycles. The van der Waals surface area contributed by atoms with Crippen molar-refractivity contribution in [1.82, 2.24) is 9.47 Å². The van der Waals surface area contributed by atoms with Crippen molar-refractivity contribution in [1.29, 1.82) is 0 Å². The molecule has 1 saturated heterocycles. The minimum atomic E-state index is -0.490. The summed E-state index contributed by atoms with van der Waals surface area (Å²) in [6.07, 6.45) is 1.97. The molecule has 0 spiro atoms. The van der Waals surface area contributed by atoms with E-state index in [1.807, 2.05) is 34.8 Å². The fraction of sp³-hybridized carbons (Fsp3) is 0.583. The zero-order valence-electron chi connectivity index (χ0n) is 10.1. The van der Waals surface area contributed by atoms with E-state index in [4.69, 9.17) is 16.3 Å². The van der Waals surface area contributed by atoms with Gasteiger partial charge in [0, 0.05) is 25.5 Å². The molecule has 94 valence electrons. The number of hydrogen-bond acceptors (Lipinski definition) is 2. The molecule has 0 aromatic carbocycles. The van der Waals surface area contributed by atoms with Gasteiger partial charge in [0.05, 0.1) is 19.3 Å². The number of amides is 1. The van der Waals surface area contributed by atoms with Crippen LogP contribution in [-0.4, -0.2) is 40.5 Å². The van der Waals surface area contributed by atoms with E-state index in [0.717, 1.165) is 5.69 Å². The molecule has 1 amide bonds. The maximum atomic E-state index is 12.0. The van der Waals surface area contributed by atoms with Crippen molar-refractivity contribution in [3.63, 3.8) is 0 Å². The molecule has 1 aliphatic heterocycles. The molecule has 1 aliphatic rings. The van der Waals surface area contributed by atoms with Crippen LogP contribution < -0.4 is 0 Å². The Balaban J connectivity index is 2.24. The molecule has 17 heavy (non-hydrogen) atoms. The van der Waals surface area contributed by atoms with Gasteiger partial charge in [-0.2, -0.15) is 0 Å². The second kappa shape index (κ2) is 5.10. The number of aryl methyl sites for hydroxylation is 1. The lowest BCUT2D eigenvalue weighted by Crippen LogP contribution is -2.46. The Bertz CT molecular complexity index is 403. The van der Waals surface area contributed by atoms with Gasteiger partial charge in [-0.25, -0.2) is 0 Å². The van der Waals surface area contributed by atoms with Crippen LogP contribution in [-0.2, 0) is 16.6 Å². The van der Waals surface area contributed by atoms with E-state index < -0.39 is 5.38 Å². The van der Waals surface area contributed by atoms with Gasteiger partial charge >= 0.3 is 0 Å². The highest BCUT2D eigenvalue weighted by molar-refractivity contribution is 6.30. The van der Waals surface area contributed by atoms with Crippen molar-refractivity contribution in [2.24, 2.45) is 7.05 Å². The van der Waals surface area contributed by atoms with E-state index in [0.29, 0.717) is 19.8 Å². The zero-order chi connectivity index (χ0) is 12.4. The van der Waals surface area contributed by atoms with Crippen LogP contribution in [0.4, 0.5) is 0 Å². The maximum Gasteiger partial charge on any atom is 0.241 e. The Morgan fingerprint density at radius 2 is 2.41 bits per heavy atom. The largest absolute Gasteiger partial charge is 0.377 e. The number of ether oxygens (including phenoxy) is 1. The van der Waals surface area contributed by atoms with Crippen LogP contribution in [0.1, 0.15) is 18.7 Å². The summed E-state index contributed by atoms with van der Waals surface area (Å²) in [6, 6.07) is 3.95. The predicted molar refractivity (Wildman–Crippen MR) is 66.0 cm³/mol. The first-order chi connectivity index (χ1) is 8.11. The summed E-state index contributed by atoms with van der Waals surface area (Å²) in [5.74, 6) is -0.0267. The third-order valence-corrected chi connectivity index (χ3v) is 3.26. The van der Waals surface area contributed by atoms with Crippen LogP contribution in [0.2, 0.25) is 0 Å². The van der Waals surface area contributed by atoms with Gasteiger partial charge in [-0.05, 0) is 19.1 Å². The van der Waals surface area contributed by atoms with Crippen LogP contribution in [0.25, 0.3) is 0 Å². The Labute approximate surface area is 106 Å². The molecular formula is C12H17ClN2O2. The first kappa shape index (κ1) is 12.5. The molecule has 5 heteroatoms. The SMILES string of the molecule is CC(Cl)C(=O)N1CCOCC1c1cccn1C. The monoisotopic (exact) mass is 256 g/mol.